The van der Waals surface area contributed by atoms with Crippen molar-refractivity contribution >= 4 is 27.7 Å². The zero-order valence-corrected chi connectivity index (χ0v) is 15.9. The fraction of sp³-hybridized carbons (Fsp3) is 0.0500. The lowest BCUT2D eigenvalue weighted by Crippen LogP contribution is -2.16. The number of nitrogens with zero attached hydrogens (tertiary/aromatic N) is 4. The zero-order valence-electron chi connectivity index (χ0n) is 14.3. The van der Waals surface area contributed by atoms with Gasteiger partial charge in [-0.3, -0.25) is 4.79 Å². The molecule has 0 aliphatic carbocycles. The van der Waals surface area contributed by atoms with Gasteiger partial charge in [-0.2, -0.15) is 10.2 Å². The Morgan fingerprint density at radius 2 is 1.85 bits per heavy atom. The number of anilines is 1. The van der Waals surface area contributed by atoms with Gasteiger partial charge in [0.25, 0.3) is 5.91 Å². The Hall–Kier alpha value is -3.19. The van der Waals surface area contributed by atoms with Crippen LogP contribution >= 0.6 is 15.9 Å². The van der Waals surface area contributed by atoms with E-state index in [1.165, 1.54) is 0 Å². The van der Waals surface area contributed by atoms with E-state index in [0.717, 1.165) is 15.7 Å². The van der Waals surface area contributed by atoms with Gasteiger partial charge in [-0.1, -0.05) is 34.1 Å². The summed E-state index contributed by atoms with van der Waals surface area (Å²) >= 11 is 3.43. The van der Waals surface area contributed by atoms with Crippen LogP contribution in [0.25, 0.3) is 5.69 Å². The second-order valence-corrected chi connectivity index (χ2v) is 6.87. The van der Waals surface area contributed by atoms with Gasteiger partial charge < -0.3 is 5.32 Å². The molecule has 0 spiro atoms. The predicted octanol–water partition coefficient (Wildman–Crippen LogP) is 4.13. The highest BCUT2D eigenvalue weighted by Crippen LogP contribution is 2.16. The third-order valence-electron chi connectivity index (χ3n) is 4.08. The van der Waals surface area contributed by atoms with Crippen molar-refractivity contribution in [3.05, 3.63) is 94.9 Å². The lowest BCUT2D eigenvalue weighted by Gasteiger charge is -2.10. The lowest BCUT2D eigenvalue weighted by molar-refractivity contribution is 0.102. The van der Waals surface area contributed by atoms with Crippen LogP contribution in [0.5, 0.6) is 0 Å². The zero-order chi connectivity index (χ0) is 18.6. The van der Waals surface area contributed by atoms with Crippen molar-refractivity contribution in [1.82, 2.24) is 19.6 Å². The number of carbonyl (C=O) groups is 1. The molecule has 0 aliphatic rings. The van der Waals surface area contributed by atoms with Crippen LogP contribution in [0.1, 0.15) is 15.9 Å². The van der Waals surface area contributed by atoms with Crippen LogP contribution in [-0.4, -0.2) is 25.5 Å². The highest BCUT2D eigenvalue weighted by Gasteiger charge is 2.11. The van der Waals surface area contributed by atoms with Gasteiger partial charge in [0, 0.05) is 28.5 Å². The molecule has 0 saturated carbocycles. The van der Waals surface area contributed by atoms with E-state index in [-0.39, 0.29) is 5.91 Å². The Balaban J connectivity index is 1.51. The number of rotatable bonds is 5. The molecule has 0 saturated heterocycles. The fourth-order valence-electron chi connectivity index (χ4n) is 2.73. The molecule has 7 heteroatoms. The van der Waals surface area contributed by atoms with Crippen LogP contribution < -0.4 is 5.32 Å². The molecule has 27 heavy (non-hydrogen) atoms. The topological polar surface area (TPSA) is 64.7 Å². The summed E-state index contributed by atoms with van der Waals surface area (Å²) in [4.78, 5) is 12.7. The fourth-order valence-corrected chi connectivity index (χ4v) is 2.99. The van der Waals surface area contributed by atoms with E-state index in [1.54, 1.807) is 40.0 Å². The average molecular weight is 422 g/mol. The smallest absolute Gasteiger partial charge is 0.256 e. The van der Waals surface area contributed by atoms with Crippen molar-refractivity contribution in [1.29, 1.82) is 0 Å². The maximum Gasteiger partial charge on any atom is 0.256 e. The van der Waals surface area contributed by atoms with Gasteiger partial charge >= 0.3 is 0 Å². The highest BCUT2D eigenvalue weighted by atomic mass is 79.9. The van der Waals surface area contributed by atoms with Gasteiger partial charge in [-0.25, -0.2) is 9.36 Å². The number of carbonyl (C=O) groups excluding carboxylic acids is 1. The maximum atomic E-state index is 12.7. The van der Waals surface area contributed by atoms with Crippen LogP contribution in [0.4, 0.5) is 5.82 Å². The summed E-state index contributed by atoms with van der Waals surface area (Å²) in [5.41, 5.74) is 2.48. The molecule has 4 rings (SSSR count). The summed E-state index contributed by atoms with van der Waals surface area (Å²) < 4.78 is 4.50. The van der Waals surface area contributed by atoms with Crippen LogP contribution in [0, 0.1) is 0 Å². The minimum atomic E-state index is -0.193. The molecule has 0 fully saturated rings. The van der Waals surface area contributed by atoms with Crippen molar-refractivity contribution in [2.24, 2.45) is 0 Å². The van der Waals surface area contributed by atoms with E-state index in [0.29, 0.717) is 17.9 Å². The second-order valence-electron chi connectivity index (χ2n) is 5.96. The first kappa shape index (κ1) is 17.2. The van der Waals surface area contributed by atoms with Gasteiger partial charge in [0.05, 0.1) is 18.4 Å². The molecular weight excluding hydrogens is 406 g/mol. The van der Waals surface area contributed by atoms with Crippen molar-refractivity contribution < 1.29 is 4.79 Å². The molecule has 6 nitrogen and oxygen atoms in total. The van der Waals surface area contributed by atoms with E-state index in [9.17, 15) is 4.79 Å². The third kappa shape index (κ3) is 3.98. The molecule has 2 heterocycles. The average Bonchev–Trinajstić information content (AvgIpc) is 3.36. The van der Waals surface area contributed by atoms with Crippen LogP contribution in [-0.2, 0) is 6.54 Å². The second kappa shape index (κ2) is 7.59. The highest BCUT2D eigenvalue weighted by molar-refractivity contribution is 9.10. The molecular formula is C20H16BrN5O. The number of aromatic nitrogens is 4. The molecule has 1 N–H and O–H groups in total. The van der Waals surface area contributed by atoms with Crippen molar-refractivity contribution in [3.8, 4) is 5.69 Å². The SMILES string of the molecule is O=C(Nc1ccnn1Cc1ccc(Br)cc1)c1cccc(-n2cccn2)c1. The van der Waals surface area contributed by atoms with Gasteiger partial charge in [-0.05, 0) is 42.0 Å². The van der Waals surface area contributed by atoms with E-state index in [4.69, 9.17) is 0 Å². The summed E-state index contributed by atoms with van der Waals surface area (Å²) in [6.45, 7) is 0.573. The minimum Gasteiger partial charge on any atom is -0.307 e. The largest absolute Gasteiger partial charge is 0.307 e. The van der Waals surface area contributed by atoms with Gasteiger partial charge in [0.2, 0.25) is 0 Å². The van der Waals surface area contributed by atoms with Crippen LogP contribution in [0.15, 0.2) is 83.7 Å². The molecule has 0 atom stereocenters. The Morgan fingerprint density at radius 3 is 2.63 bits per heavy atom. The molecule has 0 unspecified atom stereocenters. The first-order valence-electron chi connectivity index (χ1n) is 8.37. The predicted molar refractivity (Wildman–Crippen MR) is 107 cm³/mol. The van der Waals surface area contributed by atoms with Crippen LogP contribution in [0.3, 0.4) is 0 Å². The molecule has 0 radical (unpaired) electrons. The van der Waals surface area contributed by atoms with Gasteiger partial charge in [-0.15, -0.1) is 0 Å². The summed E-state index contributed by atoms with van der Waals surface area (Å²) in [6, 6.07) is 19.0. The molecule has 134 valence electrons. The van der Waals surface area contributed by atoms with E-state index in [1.807, 2.05) is 48.7 Å². The number of hydrogen-bond acceptors (Lipinski definition) is 3. The quantitative estimate of drug-likeness (QED) is 0.526. The maximum absolute atomic E-state index is 12.7. The van der Waals surface area contributed by atoms with Gasteiger partial charge in [0.15, 0.2) is 0 Å². The molecule has 1 amide bonds. The number of amides is 1. The lowest BCUT2D eigenvalue weighted by atomic mass is 10.2. The normalized spacial score (nSPS) is 10.7. The molecule has 0 aliphatic heterocycles. The Morgan fingerprint density at radius 1 is 1.00 bits per heavy atom. The minimum absolute atomic E-state index is 0.193. The molecule has 0 bridgehead atoms. The summed E-state index contributed by atoms with van der Waals surface area (Å²) in [6.07, 6.45) is 5.21. The first-order valence-corrected chi connectivity index (χ1v) is 9.16. The van der Waals surface area contributed by atoms with E-state index >= 15 is 0 Å². The van der Waals surface area contributed by atoms with Crippen molar-refractivity contribution in [2.75, 3.05) is 5.32 Å². The Bertz CT molecular complexity index is 1050. The monoisotopic (exact) mass is 421 g/mol. The molecule has 2 aromatic heterocycles. The van der Waals surface area contributed by atoms with Crippen molar-refractivity contribution in [3.63, 3.8) is 0 Å². The Kier molecular flexibility index (Phi) is 4.84. The number of hydrogen-bond donors (Lipinski definition) is 1. The van der Waals surface area contributed by atoms with Gasteiger partial charge in [0.1, 0.15) is 5.82 Å². The summed E-state index contributed by atoms with van der Waals surface area (Å²) in [5, 5.41) is 11.4. The molecule has 2 aromatic carbocycles. The third-order valence-corrected chi connectivity index (χ3v) is 4.61. The Labute approximate surface area is 164 Å². The molecule has 4 aromatic rings. The van der Waals surface area contributed by atoms with Crippen LogP contribution in [0.2, 0.25) is 0 Å². The van der Waals surface area contributed by atoms with Crippen molar-refractivity contribution in [2.45, 2.75) is 6.54 Å². The van der Waals surface area contributed by atoms with E-state index in [2.05, 4.69) is 31.4 Å². The summed E-state index contributed by atoms with van der Waals surface area (Å²) in [5.74, 6) is 0.453. The summed E-state index contributed by atoms with van der Waals surface area (Å²) in [7, 11) is 0. The standard InChI is InChI=1S/C20H16BrN5O/c21-17-7-5-15(6-8-17)14-26-19(9-11-23-26)24-20(27)16-3-1-4-18(13-16)25-12-2-10-22-25/h1-13H,14H2,(H,24,27). The number of nitrogens with one attached hydrogen (secondary N) is 1. The number of halogens is 1. The first-order chi connectivity index (χ1) is 13.2. The van der Waals surface area contributed by atoms with E-state index < -0.39 is 0 Å². The number of benzene rings is 2.